The number of carbonyl (C=O) groups is 1. The van der Waals surface area contributed by atoms with Crippen LogP contribution in [0.4, 0.5) is 11.4 Å². The highest BCUT2D eigenvalue weighted by molar-refractivity contribution is 5.79. The molecule has 1 spiro atoms. The Morgan fingerprint density at radius 2 is 1.84 bits per heavy atom. The van der Waals surface area contributed by atoms with Gasteiger partial charge >= 0.3 is 0 Å². The van der Waals surface area contributed by atoms with Gasteiger partial charge in [0.05, 0.1) is 23.6 Å². The highest BCUT2D eigenvalue weighted by atomic mass is 16.6. The molecule has 9 heteroatoms. The monoisotopic (exact) mass is 437 g/mol. The number of benzene rings is 1. The quantitative estimate of drug-likeness (QED) is 0.522. The van der Waals surface area contributed by atoms with Crippen LogP contribution in [0.25, 0.3) is 0 Å². The lowest BCUT2D eigenvalue weighted by Gasteiger charge is -2.39. The maximum absolute atomic E-state index is 12.8. The number of amides is 1. The van der Waals surface area contributed by atoms with Crippen molar-refractivity contribution in [2.75, 3.05) is 44.2 Å². The Hall–Kier alpha value is -3.04. The molecule has 4 heterocycles. The van der Waals surface area contributed by atoms with Gasteiger partial charge in [-0.3, -0.25) is 24.8 Å². The summed E-state index contributed by atoms with van der Waals surface area (Å²) in [6, 6.07) is 10.7. The average Bonchev–Trinajstić information content (AvgIpc) is 3.17. The molecular weight excluding hydrogens is 410 g/mol. The molecule has 168 valence electrons. The zero-order valence-corrected chi connectivity index (χ0v) is 17.9. The first-order chi connectivity index (χ1) is 15.5. The maximum atomic E-state index is 12.8. The van der Waals surface area contributed by atoms with Crippen molar-refractivity contribution in [2.45, 2.75) is 31.1 Å². The van der Waals surface area contributed by atoms with Crippen molar-refractivity contribution < 1.29 is 14.5 Å². The van der Waals surface area contributed by atoms with E-state index in [1.54, 1.807) is 12.1 Å². The van der Waals surface area contributed by atoms with Crippen LogP contribution in [0.5, 0.6) is 0 Å². The smallest absolute Gasteiger partial charge is 0.269 e. The number of piperazine rings is 1. The molecule has 32 heavy (non-hydrogen) atoms. The molecule has 5 rings (SSSR count). The number of hydrogen-bond donors (Lipinski definition) is 0. The molecule has 0 N–H and O–H groups in total. The molecule has 1 aromatic carbocycles. The Labute approximate surface area is 186 Å². The van der Waals surface area contributed by atoms with Crippen molar-refractivity contribution >= 4 is 17.3 Å². The summed E-state index contributed by atoms with van der Waals surface area (Å²) in [7, 11) is 0. The number of nitrogens with zero attached hydrogens (tertiary/aromatic N) is 5. The van der Waals surface area contributed by atoms with Crippen molar-refractivity contribution in [3.8, 4) is 0 Å². The highest BCUT2D eigenvalue weighted by Crippen LogP contribution is 2.38. The summed E-state index contributed by atoms with van der Waals surface area (Å²) in [5.74, 6) is 0.124. The van der Waals surface area contributed by atoms with Crippen molar-refractivity contribution in [1.29, 1.82) is 0 Å². The SMILES string of the molecule is O=C1CN(CCc2ccc([N+](=O)[O-])cc2)CC2OC3(CCN(c4ccncc4)CC3)CN12. The van der Waals surface area contributed by atoms with E-state index in [-0.39, 0.29) is 23.4 Å². The van der Waals surface area contributed by atoms with Gasteiger partial charge < -0.3 is 14.5 Å². The number of aromatic nitrogens is 1. The van der Waals surface area contributed by atoms with Gasteiger partial charge in [0.2, 0.25) is 5.91 Å². The number of carbonyl (C=O) groups excluding carboxylic acids is 1. The molecule has 3 saturated heterocycles. The summed E-state index contributed by atoms with van der Waals surface area (Å²) in [6.45, 7) is 4.31. The molecule has 0 aliphatic carbocycles. The van der Waals surface area contributed by atoms with Gasteiger partial charge in [0.15, 0.2) is 0 Å². The van der Waals surface area contributed by atoms with Crippen LogP contribution in [-0.4, -0.2) is 76.7 Å². The number of rotatable bonds is 5. The van der Waals surface area contributed by atoms with Crippen LogP contribution in [0.1, 0.15) is 18.4 Å². The normalized spacial score (nSPS) is 22.9. The fourth-order valence-corrected chi connectivity index (χ4v) is 5.00. The third-order valence-electron chi connectivity index (χ3n) is 6.85. The molecule has 3 aliphatic rings. The minimum Gasteiger partial charge on any atom is -0.371 e. The summed E-state index contributed by atoms with van der Waals surface area (Å²) >= 11 is 0. The molecule has 2 aromatic rings. The lowest BCUT2D eigenvalue weighted by Crippen LogP contribution is -2.54. The molecule has 0 bridgehead atoms. The Morgan fingerprint density at radius 3 is 2.53 bits per heavy atom. The van der Waals surface area contributed by atoms with E-state index in [0.29, 0.717) is 19.6 Å². The van der Waals surface area contributed by atoms with Crippen LogP contribution in [0.15, 0.2) is 48.8 Å². The van der Waals surface area contributed by atoms with Gasteiger partial charge in [-0.2, -0.15) is 0 Å². The van der Waals surface area contributed by atoms with E-state index < -0.39 is 4.92 Å². The lowest BCUT2D eigenvalue weighted by atomic mass is 9.91. The fourth-order valence-electron chi connectivity index (χ4n) is 5.00. The summed E-state index contributed by atoms with van der Waals surface area (Å²) in [6.07, 6.45) is 5.98. The van der Waals surface area contributed by atoms with Crippen LogP contribution in [0.2, 0.25) is 0 Å². The van der Waals surface area contributed by atoms with Crippen molar-refractivity contribution in [2.24, 2.45) is 0 Å². The number of nitro benzene ring substituents is 1. The molecule has 3 aliphatic heterocycles. The molecule has 0 radical (unpaired) electrons. The first-order valence-electron chi connectivity index (χ1n) is 11.1. The van der Waals surface area contributed by atoms with E-state index in [4.69, 9.17) is 4.74 Å². The second kappa shape index (κ2) is 8.48. The van der Waals surface area contributed by atoms with Gasteiger partial charge in [-0.1, -0.05) is 12.1 Å². The van der Waals surface area contributed by atoms with Gasteiger partial charge in [-0.25, -0.2) is 0 Å². The first-order valence-corrected chi connectivity index (χ1v) is 11.1. The number of anilines is 1. The molecule has 1 amide bonds. The minimum atomic E-state index is -0.392. The van der Waals surface area contributed by atoms with Crippen molar-refractivity contribution in [3.63, 3.8) is 0 Å². The summed E-state index contributed by atoms with van der Waals surface area (Å²) < 4.78 is 6.52. The van der Waals surface area contributed by atoms with Crippen LogP contribution in [0, 0.1) is 10.1 Å². The topological polar surface area (TPSA) is 92.0 Å². The maximum Gasteiger partial charge on any atom is 0.269 e. The third-order valence-corrected chi connectivity index (χ3v) is 6.85. The van der Waals surface area contributed by atoms with Gasteiger partial charge in [-0.15, -0.1) is 0 Å². The van der Waals surface area contributed by atoms with Gasteiger partial charge in [-0.05, 0) is 37.0 Å². The zero-order valence-electron chi connectivity index (χ0n) is 17.9. The summed E-state index contributed by atoms with van der Waals surface area (Å²) in [5.41, 5.74) is 2.05. The van der Waals surface area contributed by atoms with E-state index in [9.17, 15) is 14.9 Å². The third kappa shape index (κ3) is 4.18. The van der Waals surface area contributed by atoms with Crippen LogP contribution >= 0.6 is 0 Å². The molecule has 1 unspecified atom stereocenters. The van der Waals surface area contributed by atoms with Crippen LogP contribution in [-0.2, 0) is 16.0 Å². The number of non-ortho nitro benzene ring substituents is 1. The van der Waals surface area contributed by atoms with E-state index in [1.807, 2.05) is 29.4 Å². The standard InChI is InChI=1S/C23H27N5O4/c29-21-15-25(12-7-18-1-3-20(4-2-18)28(30)31)16-22-27(21)17-23(32-22)8-13-26(14-9-23)19-5-10-24-11-6-19/h1-6,10-11,22H,7-9,12-17H2. The number of hydrogen-bond acceptors (Lipinski definition) is 7. The van der Waals surface area contributed by atoms with Crippen molar-refractivity contribution in [3.05, 3.63) is 64.5 Å². The Morgan fingerprint density at radius 1 is 1.12 bits per heavy atom. The van der Waals surface area contributed by atoms with Crippen LogP contribution < -0.4 is 4.90 Å². The van der Waals surface area contributed by atoms with Gasteiger partial charge in [0.1, 0.15) is 6.23 Å². The number of pyridine rings is 1. The average molecular weight is 438 g/mol. The van der Waals surface area contributed by atoms with Gasteiger partial charge in [0, 0.05) is 56.4 Å². The Balaban J connectivity index is 1.16. The summed E-state index contributed by atoms with van der Waals surface area (Å²) in [4.78, 5) is 33.8. The molecule has 1 aromatic heterocycles. The second-order valence-corrected chi connectivity index (χ2v) is 8.88. The zero-order chi connectivity index (χ0) is 22.1. The predicted octanol–water partition coefficient (Wildman–Crippen LogP) is 2.07. The highest BCUT2D eigenvalue weighted by Gasteiger charge is 2.50. The van der Waals surface area contributed by atoms with Gasteiger partial charge in [0.25, 0.3) is 5.69 Å². The largest absolute Gasteiger partial charge is 0.371 e. The number of nitro groups is 1. The number of piperidine rings is 1. The van der Waals surface area contributed by atoms with E-state index >= 15 is 0 Å². The molecule has 3 fully saturated rings. The van der Waals surface area contributed by atoms with Crippen LogP contribution in [0.3, 0.4) is 0 Å². The molecule has 9 nitrogen and oxygen atoms in total. The second-order valence-electron chi connectivity index (χ2n) is 8.88. The molecule has 0 saturated carbocycles. The van der Waals surface area contributed by atoms with E-state index in [0.717, 1.165) is 44.5 Å². The summed E-state index contributed by atoms with van der Waals surface area (Å²) in [5, 5.41) is 10.8. The van der Waals surface area contributed by atoms with Crippen molar-refractivity contribution in [1.82, 2.24) is 14.8 Å². The number of fused-ring (bicyclic) bond motifs is 1. The minimum absolute atomic E-state index is 0.0946. The molecule has 1 atom stereocenters. The fraction of sp³-hybridized carbons (Fsp3) is 0.478. The Bertz CT molecular complexity index is 976. The Kier molecular flexibility index (Phi) is 5.52. The molecular formula is C23H27N5O4. The lowest BCUT2D eigenvalue weighted by molar-refractivity contribution is -0.384. The van der Waals surface area contributed by atoms with E-state index in [2.05, 4.69) is 14.8 Å². The predicted molar refractivity (Wildman–Crippen MR) is 118 cm³/mol. The van der Waals surface area contributed by atoms with E-state index in [1.165, 1.54) is 17.8 Å². The first kappa shape index (κ1) is 20.8. The number of ether oxygens (including phenoxy) is 1.